The van der Waals surface area contributed by atoms with Crippen LogP contribution < -0.4 is 4.90 Å². The fourth-order valence-corrected chi connectivity index (χ4v) is 3.74. The van der Waals surface area contributed by atoms with Crippen molar-refractivity contribution in [2.24, 2.45) is 5.41 Å². The summed E-state index contributed by atoms with van der Waals surface area (Å²) in [6.45, 7) is 3.98. The van der Waals surface area contributed by atoms with Crippen molar-refractivity contribution in [3.8, 4) is 0 Å². The highest BCUT2D eigenvalue weighted by atomic mass is 79.9. The van der Waals surface area contributed by atoms with Gasteiger partial charge in [-0.3, -0.25) is 0 Å². The topological polar surface area (TPSA) is 42.7 Å². The minimum atomic E-state index is 0.433. The monoisotopic (exact) mass is 336 g/mol. The summed E-state index contributed by atoms with van der Waals surface area (Å²) in [5, 5.41) is 4.33. The van der Waals surface area contributed by atoms with Crippen molar-refractivity contribution in [1.82, 2.24) is 14.6 Å². The van der Waals surface area contributed by atoms with Gasteiger partial charge >= 0.3 is 0 Å². The molecule has 20 heavy (non-hydrogen) atoms. The quantitative estimate of drug-likeness (QED) is 0.802. The van der Waals surface area contributed by atoms with Crippen LogP contribution in [0, 0.1) is 5.41 Å². The van der Waals surface area contributed by atoms with E-state index in [1.165, 1.54) is 19.3 Å². The maximum absolute atomic E-state index is 5.60. The summed E-state index contributed by atoms with van der Waals surface area (Å²) in [4.78, 5) is 6.99. The molecule has 106 valence electrons. The van der Waals surface area contributed by atoms with Crippen LogP contribution in [0.25, 0.3) is 5.52 Å². The largest absolute Gasteiger partial charge is 0.381 e. The number of halogens is 1. The Morgan fingerprint density at radius 3 is 2.85 bits per heavy atom. The highest BCUT2D eigenvalue weighted by Crippen LogP contribution is 2.40. The van der Waals surface area contributed by atoms with Crippen LogP contribution >= 0.6 is 15.9 Å². The molecule has 0 radical (unpaired) electrons. The van der Waals surface area contributed by atoms with E-state index >= 15 is 0 Å². The summed E-state index contributed by atoms with van der Waals surface area (Å²) >= 11 is 3.49. The molecule has 2 aliphatic heterocycles. The van der Waals surface area contributed by atoms with Gasteiger partial charge in [0.25, 0.3) is 0 Å². The summed E-state index contributed by atoms with van der Waals surface area (Å²) in [6.07, 6.45) is 7.27. The van der Waals surface area contributed by atoms with Crippen LogP contribution in [0.4, 0.5) is 5.82 Å². The maximum atomic E-state index is 5.60. The third-order valence-electron chi connectivity index (χ3n) is 4.68. The number of piperidine rings is 1. The van der Waals surface area contributed by atoms with E-state index < -0.39 is 0 Å². The summed E-state index contributed by atoms with van der Waals surface area (Å²) in [7, 11) is 0. The zero-order chi connectivity index (χ0) is 13.6. The third kappa shape index (κ3) is 1.93. The van der Waals surface area contributed by atoms with Crippen molar-refractivity contribution in [2.45, 2.75) is 19.3 Å². The molecular weight excluding hydrogens is 320 g/mol. The average molecular weight is 337 g/mol. The number of anilines is 1. The number of hydrogen-bond acceptors (Lipinski definition) is 4. The first-order valence-electron chi connectivity index (χ1n) is 7.08. The molecule has 0 bridgehead atoms. The Hall–Kier alpha value is -1.14. The van der Waals surface area contributed by atoms with Gasteiger partial charge in [-0.1, -0.05) is 0 Å². The van der Waals surface area contributed by atoms with Crippen molar-refractivity contribution in [3.63, 3.8) is 0 Å². The lowest BCUT2D eigenvalue weighted by atomic mass is 9.78. The summed E-state index contributed by atoms with van der Waals surface area (Å²) in [6, 6.07) is 2.02. The Bertz CT molecular complexity index is 625. The molecule has 5 nitrogen and oxygen atoms in total. The molecule has 1 spiro atoms. The Morgan fingerprint density at radius 1 is 1.25 bits per heavy atom. The fourth-order valence-electron chi connectivity index (χ4n) is 3.36. The average Bonchev–Trinajstić information content (AvgIpc) is 3.11. The minimum absolute atomic E-state index is 0.433. The number of nitrogens with zero attached hydrogens (tertiary/aromatic N) is 4. The number of hydrogen-bond donors (Lipinski definition) is 0. The molecule has 2 saturated heterocycles. The zero-order valence-electron chi connectivity index (χ0n) is 11.3. The molecule has 4 rings (SSSR count). The molecule has 0 saturated carbocycles. The van der Waals surface area contributed by atoms with E-state index in [1.54, 1.807) is 0 Å². The van der Waals surface area contributed by atoms with Crippen LogP contribution in [0.2, 0.25) is 0 Å². The van der Waals surface area contributed by atoms with Gasteiger partial charge < -0.3 is 9.64 Å². The number of rotatable bonds is 1. The fraction of sp³-hybridized carbons (Fsp3) is 0.571. The lowest BCUT2D eigenvalue weighted by Gasteiger charge is -2.39. The summed E-state index contributed by atoms with van der Waals surface area (Å²) in [5.74, 6) is 1.04. The summed E-state index contributed by atoms with van der Waals surface area (Å²) in [5.41, 5.74) is 1.50. The van der Waals surface area contributed by atoms with Crippen molar-refractivity contribution < 1.29 is 4.74 Å². The number of ether oxygens (including phenoxy) is 1. The Morgan fingerprint density at radius 2 is 2.10 bits per heavy atom. The second kappa shape index (κ2) is 4.70. The van der Waals surface area contributed by atoms with E-state index in [9.17, 15) is 0 Å². The molecule has 2 aromatic rings. The first-order valence-corrected chi connectivity index (χ1v) is 7.88. The number of aromatic nitrogens is 3. The molecule has 0 N–H and O–H groups in total. The van der Waals surface area contributed by atoms with Crippen molar-refractivity contribution in [1.29, 1.82) is 0 Å². The lowest BCUT2D eigenvalue weighted by molar-refractivity contribution is 0.133. The molecule has 0 aliphatic carbocycles. The van der Waals surface area contributed by atoms with Gasteiger partial charge in [-0.15, -0.1) is 0 Å². The molecule has 0 aromatic carbocycles. The van der Waals surface area contributed by atoms with E-state index in [4.69, 9.17) is 4.74 Å². The second-order valence-electron chi connectivity index (χ2n) is 5.82. The molecule has 2 fully saturated rings. The maximum Gasteiger partial charge on any atom is 0.154 e. The predicted molar refractivity (Wildman–Crippen MR) is 80.0 cm³/mol. The Balaban J connectivity index is 1.61. The zero-order valence-corrected chi connectivity index (χ0v) is 12.8. The molecule has 2 aromatic heterocycles. The van der Waals surface area contributed by atoms with Crippen LogP contribution in [-0.4, -0.2) is 40.9 Å². The van der Waals surface area contributed by atoms with Crippen molar-refractivity contribution in [3.05, 3.63) is 23.1 Å². The van der Waals surface area contributed by atoms with E-state index in [1.807, 2.05) is 23.0 Å². The van der Waals surface area contributed by atoms with Crippen LogP contribution in [0.15, 0.2) is 23.1 Å². The highest BCUT2D eigenvalue weighted by molar-refractivity contribution is 9.10. The van der Waals surface area contributed by atoms with Crippen LogP contribution in [-0.2, 0) is 4.74 Å². The standard InChI is InChI=1S/C14H17BrN4O/c15-12-9-16-13(11-1-5-17-19(11)12)18-6-2-14(3-7-18)4-8-20-10-14/h1,5,9H,2-4,6-8,10H2. The van der Waals surface area contributed by atoms with Crippen molar-refractivity contribution in [2.75, 3.05) is 31.2 Å². The van der Waals surface area contributed by atoms with Gasteiger partial charge in [-0.25, -0.2) is 9.50 Å². The normalized spacial score (nSPS) is 21.9. The molecule has 6 heteroatoms. The van der Waals surface area contributed by atoms with E-state index in [0.29, 0.717) is 5.41 Å². The number of fused-ring (bicyclic) bond motifs is 1. The smallest absolute Gasteiger partial charge is 0.154 e. The molecule has 4 heterocycles. The van der Waals surface area contributed by atoms with Crippen LogP contribution in [0.1, 0.15) is 19.3 Å². The predicted octanol–water partition coefficient (Wildman–Crippen LogP) is 2.50. The van der Waals surface area contributed by atoms with Gasteiger partial charge in [0.1, 0.15) is 10.1 Å². The SMILES string of the molecule is Brc1cnc(N2CCC3(CCOC3)CC2)c2ccnn12. The molecule has 0 amide bonds. The van der Waals surface area contributed by atoms with E-state index in [2.05, 4.69) is 30.9 Å². The third-order valence-corrected chi connectivity index (χ3v) is 5.22. The van der Waals surface area contributed by atoms with Gasteiger partial charge in [0, 0.05) is 19.7 Å². The second-order valence-corrected chi connectivity index (χ2v) is 6.63. The lowest BCUT2D eigenvalue weighted by Crippen LogP contribution is -2.41. The van der Waals surface area contributed by atoms with Gasteiger partial charge in [0.15, 0.2) is 5.82 Å². The van der Waals surface area contributed by atoms with Gasteiger partial charge in [-0.05, 0) is 46.7 Å². The van der Waals surface area contributed by atoms with E-state index in [0.717, 1.165) is 42.2 Å². The first-order chi connectivity index (χ1) is 9.77. The minimum Gasteiger partial charge on any atom is -0.381 e. The Labute approximate surface area is 126 Å². The summed E-state index contributed by atoms with van der Waals surface area (Å²) < 4.78 is 8.38. The molecule has 2 aliphatic rings. The molecule has 0 atom stereocenters. The van der Waals surface area contributed by atoms with Gasteiger partial charge in [0.05, 0.1) is 19.0 Å². The molecule has 0 unspecified atom stereocenters. The highest BCUT2D eigenvalue weighted by Gasteiger charge is 2.38. The van der Waals surface area contributed by atoms with Gasteiger partial charge in [-0.2, -0.15) is 5.10 Å². The van der Waals surface area contributed by atoms with Crippen LogP contribution in [0.5, 0.6) is 0 Å². The van der Waals surface area contributed by atoms with Crippen molar-refractivity contribution >= 4 is 27.3 Å². The first kappa shape index (κ1) is 12.6. The Kier molecular flexibility index (Phi) is 2.96. The molecular formula is C14H17BrN4O. The van der Waals surface area contributed by atoms with Crippen LogP contribution in [0.3, 0.4) is 0 Å². The van der Waals surface area contributed by atoms with Gasteiger partial charge in [0.2, 0.25) is 0 Å². The van der Waals surface area contributed by atoms with E-state index in [-0.39, 0.29) is 0 Å².